The Kier molecular flexibility index (Phi) is 4.15. The molecule has 3 aromatic rings. The molecule has 3 rings (SSSR count). The van der Waals surface area contributed by atoms with Crippen molar-refractivity contribution >= 4 is 28.6 Å². The van der Waals surface area contributed by atoms with Crippen LogP contribution < -0.4 is 4.74 Å². The fourth-order valence-electron chi connectivity index (χ4n) is 2.20. The van der Waals surface area contributed by atoms with Crippen molar-refractivity contribution in [1.29, 1.82) is 0 Å². The maximum atomic E-state index is 12.5. The van der Waals surface area contributed by atoms with Gasteiger partial charge in [0.25, 0.3) is 0 Å². The van der Waals surface area contributed by atoms with Gasteiger partial charge in [0.15, 0.2) is 10.9 Å². The van der Waals surface area contributed by atoms with Gasteiger partial charge in [-0.3, -0.25) is 4.79 Å². The molecule has 0 amide bonds. The molecule has 1 atom stereocenters. The first kappa shape index (κ1) is 14.7. The van der Waals surface area contributed by atoms with Gasteiger partial charge in [-0.25, -0.2) is 4.98 Å². The number of benzene rings is 2. The minimum atomic E-state index is -0.214. The summed E-state index contributed by atoms with van der Waals surface area (Å²) in [5.74, 6) is 0.822. The number of aromatic nitrogens is 2. The van der Waals surface area contributed by atoms with Gasteiger partial charge in [0, 0.05) is 5.56 Å². The van der Waals surface area contributed by atoms with Crippen molar-refractivity contribution in [2.45, 2.75) is 17.3 Å². The number of nitrogens with zero attached hydrogens (tertiary/aromatic N) is 1. The second-order valence-electron chi connectivity index (χ2n) is 4.91. The molecule has 0 aliphatic rings. The molecule has 22 heavy (non-hydrogen) atoms. The summed E-state index contributed by atoms with van der Waals surface area (Å²) in [6.07, 6.45) is 0. The summed E-state index contributed by atoms with van der Waals surface area (Å²) in [6.45, 7) is 1.89. The second-order valence-corrected chi connectivity index (χ2v) is 6.24. The quantitative estimate of drug-likeness (QED) is 0.573. The molecule has 0 fully saturated rings. The fraction of sp³-hybridized carbons (Fsp3) is 0.176. The zero-order valence-electron chi connectivity index (χ0n) is 12.4. The summed E-state index contributed by atoms with van der Waals surface area (Å²) in [5, 5.41) is 0.546. The summed E-state index contributed by atoms with van der Waals surface area (Å²) in [4.78, 5) is 20.2. The highest BCUT2D eigenvalue weighted by Crippen LogP contribution is 2.26. The van der Waals surface area contributed by atoms with Gasteiger partial charge in [-0.1, -0.05) is 23.9 Å². The zero-order chi connectivity index (χ0) is 15.5. The number of para-hydroxylation sites is 2. The molecule has 0 saturated heterocycles. The molecule has 112 valence electrons. The number of carbonyl (C=O) groups is 1. The molecule has 0 bridgehead atoms. The fourth-order valence-corrected chi connectivity index (χ4v) is 3.09. The first-order valence-electron chi connectivity index (χ1n) is 6.97. The number of carbonyl (C=O) groups excluding carboxylic acids is 1. The topological polar surface area (TPSA) is 55.0 Å². The molecular formula is C17H16N2O2S. The molecule has 0 spiro atoms. The lowest BCUT2D eigenvalue weighted by atomic mass is 10.1. The molecule has 4 nitrogen and oxygen atoms in total. The third-order valence-electron chi connectivity index (χ3n) is 3.40. The van der Waals surface area contributed by atoms with Gasteiger partial charge < -0.3 is 9.72 Å². The van der Waals surface area contributed by atoms with E-state index in [0.29, 0.717) is 5.56 Å². The Bertz CT molecular complexity index is 763. The summed E-state index contributed by atoms with van der Waals surface area (Å²) in [6, 6.07) is 15.0. The SMILES string of the molecule is COc1ccc(C(=O)C(C)Sc2nc3ccccc3[nH]2)cc1. The molecule has 1 N–H and O–H groups in total. The van der Waals surface area contributed by atoms with Crippen molar-refractivity contribution in [3.8, 4) is 5.75 Å². The minimum Gasteiger partial charge on any atom is -0.497 e. The number of fused-ring (bicyclic) bond motifs is 1. The Morgan fingerprint density at radius 3 is 2.59 bits per heavy atom. The van der Waals surface area contributed by atoms with Crippen LogP contribution in [0.4, 0.5) is 0 Å². The van der Waals surface area contributed by atoms with Gasteiger partial charge in [-0.05, 0) is 43.3 Å². The van der Waals surface area contributed by atoms with Crippen LogP contribution in [0.25, 0.3) is 11.0 Å². The molecule has 1 unspecified atom stereocenters. The number of nitrogens with one attached hydrogen (secondary N) is 1. The lowest BCUT2D eigenvalue weighted by molar-refractivity contribution is 0.0994. The molecule has 0 aliphatic heterocycles. The summed E-state index contributed by atoms with van der Waals surface area (Å²) < 4.78 is 5.11. The summed E-state index contributed by atoms with van der Waals surface area (Å²) in [7, 11) is 1.61. The number of H-pyrrole nitrogens is 1. The molecule has 0 aliphatic carbocycles. The van der Waals surface area contributed by atoms with Crippen LogP contribution in [0.2, 0.25) is 0 Å². The van der Waals surface area contributed by atoms with Gasteiger partial charge in [-0.15, -0.1) is 0 Å². The van der Waals surface area contributed by atoms with Gasteiger partial charge in [0.05, 0.1) is 23.4 Å². The molecule has 5 heteroatoms. The van der Waals surface area contributed by atoms with E-state index in [1.54, 1.807) is 31.4 Å². The number of hydrogen-bond acceptors (Lipinski definition) is 4. The van der Waals surface area contributed by atoms with E-state index in [1.807, 2.05) is 31.2 Å². The first-order valence-corrected chi connectivity index (χ1v) is 7.85. The number of imidazole rings is 1. The van der Waals surface area contributed by atoms with E-state index in [0.717, 1.165) is 21.9 Å². The van der Waals surface area contributed by atoms with Crippen molar-refractivity contribution in [1.82, 2.24) is 9.97 Å². The Morgan fingerprint density at radius 2 is 1.91 bits per heavy atom. The maximum absolute atomic E-state index is 12.5. The second kappa shape index (κ2) is 6.23. The predicted molar refractivity (Wildman–Crippen MR) is 88.7 cm³/mol. The summed E-state index contributed by atoms with van der Waals surface area (Å²) in [5.41, 5.74) is 2.57. The zero-order valence-corrected chi connectivity index (χ0v) is 13.2. The van der Waals surface area contributed by atoms with E-state index in [2.05, 4.69) is 9.97 Å². The van der Waals surface area contributed by atoms with Crippen LogP contribution in [0.3, 0.4) is 0 Å². The van der Waals surface area contributed by atoms with Gasteiger partial charge in [0.1, 0.15) is 5.75 Å². The van der Waals surface area contributed by atoms with Crippen LogP contribution in [-0.2, 0) is 0 Å². The highest BCUT2D eigenvalue weighted by molar-refractivity contribution is 8.00. The Hall–Kier alpha value is -2.27. The summed E-state index contributed by atoms with van der Waals surface area (Å²) >= 11 is 1.43. The van der Waals surface area contributed by atoms with E-state index >= 15 is 0 Å². The average molecular weight is 312 g/mol. The number of hydrogen-bond donors (Lipinski definition) is 1. The van der Waals surface area contributed by atoms with Crippen molar-refractivity contribution in [3.63, 3.8) is 0 Å². The van der Waals surface area contributed by atoms with Gasteiger partial charge >= 0.3 is 0 Å². The van der Waals surface area contributed by atoms with Crippen LogP contribution in [0.15, 0.2) is 53.7 Å². The van der Waals surface area contributed by atoms with E-state index < -0.39 is 0 Å². The van der Waals surface area contributed by atoms with E-state index in [1.165, 1.54) is 11.8 Å². The van der Waals surface area contributed by atoms with Crippen LogP contribution in [0, 0.1) is 0 Å². The highest BCUT2D eigenvalue weighted by Gasteiger charge is 2.18. The third kappa shape index (κ3) is 2.99. The molecular weight excluding hydrogens is 296 g/mol. The highest BCUT2D eigenvalue weighted by atomic mass is 32.2. The number of methoxy groups -OCH3 is 1. The van der Waals surface area contributed by atoms with Crippen molar-refractivity contribution in [3.05, 3.63) is 54.1 Å². The molecule has 1 aromatic heterocycles. The van der Waals surface area contributed by atoms with E-state index in [9.17, 15) is 4.79 Å². The number of ether oxygens (including phenoxy) is 1. The van der Waals surface area contributed by atoms with Crippen LogP contribution in [-0.4, -0.2) is 28.1 Å². The Morgan fingerprint density at radius 1 is 1.18 bits per heavy atom. The number of Topliss-reactive ketones (excluding diaryl/α,β-unsaturated/α-hetero) is 1. The minimum absolute atomic E-state index is 0.0770. The Labute approximate surface area is 132 Å². The van der Waals surface area contributed by atoms with Gasteiger partial charge in [-0.2, -0.15) is 0 Å². The van der Waals surface area contributed by atoms with Crippen molar-refractivity contribution in [2.75, 3.05) is 7.11 Å². The lowest BCUT2D eigenvalue weighted by Crippen LogP contribution is -2.13. The van der Waals surface area contributed by atoms with E-state index in [4.69, 9.17) is 4.74 Å². The van der Waals surface area contributed by atoms with Crippen LogP contribution >= 0.6 is 11.8 Å². The molecule has 2 aromatic carbocycles. The smallest absolute Gasteiger partial charge is 0.175 e. The van der Waals surface area contributed by atoms with Gasteiger partial charge in [0.2, 0.25) is 0 Å². The largest absolute Gasteiger partial charge is 0.497 e. The normalized spacial score (nSPS) is 12.3. The third-order valence-corrected chi connectivity index (χ3v) is 4.38. The molecule has 0 radical (unpaired) electrons. The van der Waals surface area contributed by atoms with Crippen LogP contribution in [0.1, 0.15) is 17.3 Å². The average Bonchev–Trinajstić information content (AvgIpc) is 2.96. The van der Waals surface area contributed by atoms with E-state index in [-0.39, 0.29) is 11.0 Å². The number of ketones is 1. The predicted octanol–water partition coefficient (Wildman–Crippen LogP) is 3.94. The molecule has 1 heterocycles. The Balaban J connectivity index is 1.74. The monoisotopic (exact) mass is 312 g/mol. The maximum Gasteiger partial charge on any atom is 0.175 e. The lowest BCUT2D eigenvalue weighted by Gasteiger charge is -2.08. The number of thioether (sulfide) groups is 1. The molecule has 0 saturated carbocycles. The van der Waals surface area contributed by atoms with Crippen LogP contribution in [0.5, 0.6) is 5.75 Å². The van der Waals surface area contributed by atoms with Crippen molar-refractivity contribution < 1.29 is 9.53 Å². The number of aromatic amines is 1. The number of rotatable bonds is 5. The van der Waals surface area contributed by atoms with Crippen molar-refractivity contribution in [2.24, 2.45) is 0 Å². The first-order chi connectivity index (χ1) is 10.7. The standard InChI is InChI=1S/C17H16N2O2S/c1-11(16(20)12-7-9-13(21-2)10-8-12)22-17-18-14-5-3-4-6-15(14)19-17/h3-11H,1-2H3,(H,18,19).